The molecule has 0 radical (unpaired) electrons. The van der Waals surface area contributed by atoms with Gasteiger partial charge in [-0.3, -0.25) is 4.79 Å². The normalized spacial score (nSPS) is 13.3. The highest BCUT2D eigenvalue weighted by molar-refractivity contribution is 5.92. The van der Waals surface area contributed by atoms with Crippen LogP contribution in [0.4, 0.5) is 11.4 Å². The first-order chi connectivity index (χ1) is 10.8. The van der Waals surface area contributed by atoms with Crippen LogP contribution in [0.2, 0.25) is 0 Å². The van der Waals surface area contributed by atoms with Gasteiger partial charge in [-0.25, -0.2) is 0 Å². The molecule has 0 aliphatic heterocycles. The van der Waals surface area contributed by atoms with Crippen LogP contribution in [-0.2, 0) is 10.4 Å². The second-order valence-corrected chi connectivity index (χ2v) is 6.26. The summed E-state index contributed by atoms with van der Waals surface area (Å²) >= 11 is 0. The summed E-state index contributed by atoms with van der Waals surface area (Å²) in [6.07, 6.45) is 0.00584. The van der Waals surface area contributed by atoms with Crippen molar-refractivity contribution in [2.75, 3.05) is 24.3 Å². The maximum atomic E-state index is 12.3. The van der Waals surface area contributed by atoms with Gasteiger partial charge in [0.15, 0.2) is 0 Å². The topological polar surface area (TPSA) is 52.6 Å². The van der Waals surface area contributed by atoms with Gasteiger partial charge in [-0.1, -0.05) is 30.3 Å². The van der Waals surface area contributed by atoms with E-state index in [4.69, 9.17) is 0 Å². The first-order valence-corrected chi connectivity index (χ1v) is 7.65. The molecule has 23 heavy (non-hydrogen) atoms. The largest absolute Gasteiger partial charge is 0.385 e. The Morgan fingerprint density at radius 1 is 1.17 bits per heavy atom. The summed E-state index contributed by atoms with van der Waals surface area (Å²) in [6, 6.07) is 15.1. The molecule has 2 aromatic carbocycles. The molecule has 0 aliphatic carbocycles. The minimum absolute atomic E-state index is 0.00584. The van der Waals surface area contributed by atoms with E-state index in [0.29, 0.717) is 0 Å². The molecule has 0 saturated carbocycles. The highest BCUT2D eigenvalue weighted by Crippen LogP contribution is 2.26. The van der Waals surface area contributed by atoms with Gasteiger partial charge < -0.3 is 15.3 Å². The fraction of sp³-hybridized carbons (Fsp3) is 0.316. The summed E-state index contributed by atoms with van der Waals surface area (Å²) in [5.74, 6) is -0.209. The zero-order valence-electron chi connectivity index (χ0n) is 14.1. The second-order valence-electron chi connectivity index (χ2n) is 6.26. The van der Waals surface area contributed by atoms with Crippen LogP contribution in [0.25, 0.3) is 0 Å². The van der Waals surface area contributed by atoms with Gasteiger partial charge in [0.1, 0.15) is 0 Å². The summed E-state index contributed by atoms with van der Waals surface area (Å²) in [4.78, 5) is 14.3. The predicted octanol–water partition coefficient (Wildman–Crippen LogP) is 3.30. The smallest absolute Gasteiger partial charge is 0.227 e. The van der Waals surface area contributed by atoms with Crippen molar-refractivity contribution in [3.8, 4) is 0 Å². The molecule has 2 aromatic rings. The van der Waals surface area contributed by atoms with E-state index in [1.807, 2.05) is 74.4 Å². The molecular formula is C19H24N2O2. The highest BCUT2D eigenvalue weighted by Gasteiger charge is 2.26. The molecule has 0 aliphatic rings. The molecule has 4 heteroatoms. The van der Waals surface area contributed by atoms with Gasteiger partial charge in [0, 0.05) is 25.5 Å². The van der Waals surface area contributed by atoms with Crippen LogP contribution in [0.15, 0.2) is 48.5 Å². The molecule has 4 nitrogen and oxygen atoms in total. The number of nitrogens with zero attached hydrogens (tertiary/aromatic N) is 1. The number of carbonyl (C=O) groups excluding carboxylic acids is 1. The number of hydrogen-bond donors (Lipinski definition) is 2. The lowest BCUT2D eigenvalue weighted by molar-refractivity contribution is -0.120. The van der Waals surface area contributed by atoms with Crippen molar-refractivity contribution in [3.63, 3.8) is 0 Å². The Hall–Kier alpha value is -2.33. The number of amides is 1. The van der Waals surface area contributed by atoms with Gasteiger partial charge in [0.25, 0.3) is 0 Å². The molecule has 1 atom stereocenters. The van der Waals surface area contributed by atoms with Crippen molar-refractivity contribution in [1.82, 2.24) is 0 Å². The average molecular weight is 312 g/mol. The zero-order chi connectivity index (χ0) is 17.0. The summed E-state index contributed by atoms with van der Waals surface area (Å²) in [5.41, 5.74) is 2.38. The minimum atomic E-state index is -1.19. The number of aryl methyl sites for hydroxylation is 1. The fourth-order valence-corrected chi connectivity index (χ4v) is 2.47. The molecule has 0 bridgehead atoms. The number of rotatable bonds is 5. The molecule has 0 heterocycles. The van der Waals surface area contributed by atoms with E-state index in [0.717, 1.165) is 22.5 Å². The van der Waals surface area contributed by atoms with Crippen molar-refractivity contribution >= 4 is 17.3 Å². The number of anilines is 2. The van der Waals surface area contributed by atoms with Crippen LogP contribution in [0.1, 0.15) is 24.5 Å². The third-order valence-corrected chi connectivity index (χ3v) is 3.90. The Balaban J connectivity index is 2.08. The van der Waals surface area contributed by atoms with E-state index in [-0.39, 0.29) is 12.3 Å². The first kappa shape index (κ1) is 17.0. The van der Waals surface area contributed by atoms with Crippen molar-refractivity contribution in [3.05, 3.63) is 59.7 Å². The van der Waals surface area contributed by atoms with Gasteiger partial charge in [0.2, 0.25) is 5.91 Å². The Labute approximate surface area is 137 Å². The van der Waals surface area contributed by atoms with Crippen LogP contribution >= 0.6 is 0 Å². The van der Waals surface area contributed by atoms with Gasteiger partial charge in [-0.2, -0.15) is 0 Å². The standard InChI is InChI=1S/C19H24N2O2/c1-14-12-16(21(3)4)10-11-17(14)20-18(22)13-19(2,23)15-8-6-5-7-9-15/h5-12,23H,13H2,1-4H3,(H,20,22). The quantitative estimate of drug-likeness (QED) is 0.890. The Kier molecular flexibility index (Phi) is 5.06. The molecule has 0 aromatic heterocycles. The van der Waals surface area contributed by atoms with Crippen molar-refractivity contribution in [2.45, 2.75) is 25.9 Å². The van der Waals surface area contributed by atoms with Gasteiger partial charge in [0.05, 0.1) is 12.0 Å². The summed E-state index contributed by atoms with van der Waals surface area (Å²) in [5, 5.41) is 13.4. The lowest BCUT2D eigenvalue weighted by Crippen LogP contribution is -2.28. The molecule has 1 amide bonds. The first-order valence-electron chi connectivity index (χ1n) is 7.65. The third kappa shape index (κ3) is 4.33. The second kappa shape index (κ2) is 6.84. The van der Waals surface area contributed by atoms with E-state index in [2.05, 4.69) is 5.32 Å². The number of aliphatic hydroxyl groups is 1. The molecule has 2 rings (SSSR count). The zero-order valence-corrected chi connectivity index (χ0v) is 14.1. The van der Waals surface area contributed by atoms with E-state index < -0.39 is 5.60 Å². The van der Waals surface area contributed by atoms with Crippen molar-refractivity contribution in [2.24, 2.45) is 0 Å². The Morgan fingerprint density at radius 3 is 2.39 bits per heavy atom. The third-order valence-electron chi connectivity index (χ3n) is 3.90. The maximum absolute atomic E-state index is 12.3. The van der Waals surface area contributed by atoms with Crippen molar-refractivity contribution < 1.29 is 9.90 Å². The van der Waals surface area contributed by atoms with Crippen LogP contribution < -0.4 is 10.2 Å². The molecular weight excluding hydrogens is 288 g/mol. The van der Waals surface area contributed by atoms with Crippen LogP contribution in [-0.4, -0.2) is 25.1 Å². The lowest BCUT2D eigenvalue weighted by atomic mass is 9.92. The molecule has 2 N–H and O–H groups in total. The Morgan fingerprint density at radius 2 is 1.83 bits per heavy atom. The van der Waals surface area contributed by atoms with E-state index in [9.17, 15) is 9.90 Å². The fourth-order valence-electron chi connectivity index (χ4n) is 2.47. The summed E-state index contributed by atoms with van der Waals surface area (Å²) in [6.45, 7) is 3.61. The molecule has 1 unspecified atom stereocenters. The number of carbonyl (C=O) groups is 1. The predicted molar refractivity (Wildman–Crippen MR) is 94.8 cm³/mol. The Bertz CT molecular complexity index is 679. The van der Waals surface area contributed by atoms with Crippen LogP contribution in [0.3, 0.4) is 0 Å². The minimum Gasteiger partial charge on any atom is -0.385 e. The summed E-state index contributed by atoms with van der Waals surface area (Å²) in [7, 11) is 3.95. The number of benzene rings is 2. The SMILES string of the molecule is Cc1cc(N(C)C)ccc1NC(=O)CC(C)(O)c1ccccc1. The molecule has 122 valence electrons. The van der Waals surface area contributed by atoms with Gasteiger partial charge >= 0.3 is 0 Å². The number of hydrogen-bond acceptors (Lipinski definition) is 3. The molecule has 0 fully saturated rings. The van der Waals surface area contributed by atoms with Crippen LogP contribution in [0, 0.1) is 6.92 Å². The molecule has 0 spiro atoms. The lowest BCUT2D eigenvalue weighted by Gasteiger charge is -2.23. The van der Waals surface area contributed by atoms with E-state index in [1.54, 1.807) is 6.92 Å². The van der Waals surface area contributed by atoms with Crippen LogP contribution in [0.5, 0.6) is 0 Å². The summed E-state index contributed by atoms with van der Waals surface area (Å²) < 4.78 is 0. The van der Waals surface area contributed by atoms with E-state index >= 15 is 0 Å². The maximum Gasteiger partial charge on any atom is 0.227 e. The molecule has 0 saturated heterocycles. The van der Waals surface area contributed by atoms with Crippen molar-refractivity contribution in [1.29, 1.82) is 0 Å². The van der Waals surface area contributed by atoms with Gasteiger partial charge in [-0.15, -0.1) is 0 Å². The van der Waals surface area contributed by atoms with E-state index in [1.165, 1.54) is 0 Å². The van der Waals surface area contributed by atoms with Gasteiger partial charge in [-0.05, 0) is 43.2 Å². The average Bonchev–Trinajstić information content (AvgIpc) is 2.49. The number of nitrogens with one attached hydrogen (secondary N) is 1. The monoisotopic (exact) mass is 312 g/mol. The highest BCUT2D eigenvalue weighted by atomic mass is 16.3.